The summed E-state index contributed by atoms with van der Waals surface area (Å²) in [6.45, 7) is 6.71. The van der Waals surface area contributed by atoms with E-state index in [1.54, 1.807) is 6.08 Å². The second kappa shape index (κ2) is 8.79. The van der Waals surface area contributed by atoms with Crippen molar-refractivity contribution in [3.8, 4) is 0 Å². The van der Waals surface area contributed by atoms with Gasteiger partial charge in [0.2, 0.25) is 0 Å². The van der Waals surface area contributed by atoms with Gasteiger partial charge in [-0.15, -0.1) is 0 Å². The molecule has 1 unspecified atom stereocenters. The summed E-state index contributed by atoms with van der Waals surface area (Å²) in [6.07, 6.45) is 10.6. The normalized spacial score (nSPS) is 33.4. The molecule has 4 bridgehead atoms. The number of urea groups is 1. The van der Waals surface area contributed by atoms with Gasteiger partial charge in [-0.1, -0.05) is 25.1 Å². The summed E-state index contributed by atoms with van der Waals surface area (Å²) in [5.41, 5.74) is 5.26. The van der Waals surface area contributed by atoms with Crippen molar-refractivity contribution >= 4 is 35.3 Å². The molecule has 0 aromatic heterocycles. The number of carbonyl (C=O) groups excluding carboxylic acids is 3. The highest BCUT2D eigenvalue weighted by Crippen LogP contribution is 2.60. The molecule has 1 N–H and O–H groups in total. The van der Waals surface area contributed by atoms with E-state index in [1.807, 2.05) is 18.2 Å². The number of anilines is 2. The van der Waals surface area contributed by atoms with Crippen molar-refractivity contribution in [3.05, 3.63) is 64.7 Å². The van der Waals surface area contributed by atoms with E-state index in [-0.39, 0.29) is 16.5 Å². The van der Waals surface area contributed by atoms with Gasteiger partial charge in [-0.25, -0.2) is 9.69 Å². The minimum atomic E-state index is -0.697. The molecule has 6 nitrogen and oxygen atoms in total. The van der Waals surface area contributed by atoms with Gasteiger partial charge in [0.05, 0.1) is 5.69 Å². The Hall–Kier alpha value is -3.41. The quantitative estimate of drug-likeness (QED) is 0.356. The van der Waals surface area contributed by atoms with Crippen LogP contribution in [0.2, 0.25) is 0 Å². The van der Waals surface area contributed by atoms with Gasteiger partial charge in [0.25, 0.3) is 11.8 Å². The second-order valence-corrected chi connectivity index (χ2v) is 14.0. The smallest absolute Gasteiger partial charge is 0.335 e. The molecule has 1 saturated heterocycles. The Morgan fingerprint density at radius 1 is 0.875 bits per heavy atom. The molecule has 2 aromatic carbocycles. The molecule has 208 valence electrons. The zero-order valence-corrected chi connectivity index (χ0v) is 24.0. The molecule has 4 saturated carbocycles. The zero-order chi connectivity index (χ0) is 28.0. The number of nitrogens with zero attached hydrogens (tertiary/aromatic N) is 2. The van der Waals surface area contributed by atoms with Crippen LogP contribution in [0, 0.1) is 17.8 Å². The maximum absolute atomic E-state index is 13.6. The van der Waals surface area contributed by atoms with Crippen molar-refractivity contribution in [2.75, 3.05) is 16.8 Å². The summed E-state index contributed by atoms with van der Waals surface area (Å²) in [5.74, 6) is 1.65. The molecule has 6 aliphatic rings. The summed E-state index contributed by atoms with van der Waals surface area (Å²) in [6, 6.07) is 13.4. The molecule has 40 heavy (non-hydrogen) atoms. The van der Waals surface area contributed by atoms with Crippen LogP contribution in [0.25, 0.3) is 6.08 Å². The third-order valence-corrected chi connectivity index (χ3v) is 10.8. The molecule has 4 amide bonds. The third-order valence-electron chi connectivity index (χ3n) is 10.8. The molecule has 1 atom stereocenters. The van der Waals surface area contributed by atoms with E-state index in [4.69, 9.17) is 0 Å². The van der Waals surface area contributed by atoms with Gasteiger partial charge < -0.3 is 4.90 Å². The van der Waals surface area contributed by atoms with Gasteiger partial charge in [0, 0.05) is 18.3 Å². The number of nitrogens with one attached hydrogen (secondary N) is 1. The Morgan fingerprint density at radius 2 is 1.50 bits per heavy atom. The van der Waals surface area contributed by atoms with Gasteiger partial charge in [0.15, 0.2) is 0 Å². The Bertz CT molecular complexity index is 1420. The largest absolute Gasteiger partial charge is 0.369 e. The van der Waals surface area contributed by atoms with Crippen molar-refractivity contribution in [2.24, 2.45) is 17.8 Å². The SMILES string of the molecule is CC1CC(C)(C)N(C)c2ccc(/C=C3/C(=O)NC(=O)N(c4ccc(C56CC7CC(CC(C7)C5)C6)cc4)C3=O)cc21. The first kappa shape index (κ1) is 25.6. The lowest BCUT2D eigenvalue weighted by atomic mass is 9.48. The van der Waals surface area contributed by atoms with Crippen molar-refractivity contribution in [2.45, 2.75) is 82.6 Å². The summed E-state index contributed by atoms with van der Waals surface area (Å²) < 4.78 is 0. The van der Waals surface area contributed by atoms with Crippen LogP contribution in [-0.4, -0.2) is 30.4 Å². The van der Waals surface area contributed by atoms with E-state index in [2.05, 4.69) is 62.3 Å². The highest BCUT2D eigenvalue weighted by molar-refractivity contribution is 6.39. The maximum Gasteiger partial charge on any atom is 0.335 e. The predicted molar refractivity (Wildman–Crippen MR) is 157 cm³/mol. The first-order chi connectivity index (χ1) is 19.0. The molecule has 8 rings (SSSR count). The van der Waals surface area contributed by atoms with E-state index in [1.165, 1.54) is 55.3 Å². The van der Waals surface area contributed by atoms with E-state index in [0.717, 1.165) is 34.6 Å². The lowest BCUT2D eigenvalue weighted by molar-refractivity contribution is -0.122. The first-order valence-electron chi connectivity index (χ1n) is 14.9. The second-order valence-electron chi connectivity index (χ2n) is 14.0. The number of hydrogen-bond donors (Lipinski definition) is 1. The van der Waals surface area contributed by atoms with E-state index < -0.39 is 17.8 Å². The number of rotatable bonds is 3. The predicted octanol–water partition coefficient (Wildman–Crippen LogP) is 6.54. The number of fused-ring (bicyclic) bond motifs is 1. The Balaban J connectivity index is 1.17. The van der Waals surface area contributed by atoms with Crippen molar-refractivity contribution in [1.29, 1.82) is 0 Å². The average molecular weight is 538 g/mol. The molecule has 5 fully saturated rings. The minimum Gasteiger partial charge on any atom is -0.369 e. The number of hydrogen-bond acceptors (Lipinski definition) is 4. The van der Waals surface area contributed by atoms with Crippen molar-refractivity contribution in [3.63, 3.8) is 0 Å². The topological polar surface area (TPSA) is 69.7 Å². The summed E-state index contributed by atoms with van der Waals surface area (Å²) >= 11 is 0. The number of imide groups is 2. The van der Waals surface area contributed by atoms with E-state index in [0.29, 0.717) is 11.6 Å². The lowest BCUT2D eigenvalue weighted by Crippen LogP contribution is -2.54. The first-order valence-corrected chi connectivity index (χ1v) is 14.9. The van der Waals surface area contributed by atoms with Crippen LogP contribution < -0.4 is 15.1 Å². The Labute approximate surface area is 236 Å². The van der Waals surface area contributed by atoms with Gasteiger partial charge in [-0.05, 0) is 135 Å². The van der Waals surface area contributed by atoms with Crippen molar-refractivity contribution in [1.82, 2.24) is 5.32 Å². The number of barbiturate groups is 1. The highest BCUT2D eigenvalue weighted by atomic mass is 16.2. The minimum absolute atomic E-state index is 0.0261. The average Bonchev–Trinajstić information content (AvgIpc) is 2.89. The molecule has 0 radical (unpaired) electrons. The lowest BCUT2D eigenvalue weighted by Gasteiger charge is -2.57. The fourth-order valence-corrected chi connectivity index (χ4v) is 9.17. The van der Waals surface area contributed by atoms with Crippen molar-refractivity contribution < 1.29 is 14.4 Å². The number of carbonyl (C=O) groups is 3. The molecule has 2 aliphatic heterocycles. The van der Waals surface area contributed by atoms with Crippen LogP contribution in [0.1, 0.15) is 88.3 Å². The standard InChI is InChI=1S/C34H39N3O3/c1-20-16-33(2,3)36(4)29-10-5-21(14-27(20)29)15-28-30(38)35-32(40)37(31(28)39)26-8-6-25(7-9-26)34-17-22-11-23(18-34)13-24(12-22)19-34/h5-10,14-15,20,22-24H,11-13,16-19H2,1-4H3,(H,35,38,40)/b28-15-. The Morgan fingerprint density at radius 3 is 2.12 bits per heavy atom. The third kappa shape index (κ3) is 3.93. The van der Waals surface area contributed by atoms with Gasteiger partial charge in [-0.3, -0.25) is 14.9 Å². The number of benzene rings is 2. The summed E-state index contributed by atoms with van der Waals surface area (Å²) in [4.78, 5) is 42.8. The molecule has 2 heterocycles. The molecule has 0 spiro atoms. The molecular formula is C34H39N3O3. The van der Waals surface area contributed by atoms with E-state index in [9.17, 15) is 14.4 Å². The highest BCUT2D eigenvalue weighted by Gasteiger charge is 2.51. The van der Waals surface area contributed by atoms with Crippen LogP contribution in [-0.2, 0) is 15.0 Å². The molecular weight excluding hydrogens is 498 g/mol. The fraction of sp³-hybridized carbons (Fsp3) is 0.500. The maximum atomic E-state index is 13.6. The molecule has 6 heteroatoms. The van der Waals surface area contributed by atoms with Gasteiger partial charge in [-0.2, -0.15) is 0 Å². The number of amides is 4. The molecule has 2 aromatic rings. The van der Waals surface area contributed by atoms with Gasteiger partial charge in [0.1, 0.15) is 5.57 Å². The van der Waals surface area contributed by atoms with Crippen LogP contribution in [0.3, 0.4) is 0 Å². The van der Waals surface area contributed by atoms with Gasteiger partial charge >= 0.3 is 6.03 Å². The van der Waals surface area contributed by atoms with Crippen LogP contribution in [0.4, 0.5) is 16.2 Å². The van der Waals surface area contributed by atoms with Crippen LogP contribution >= 0.6 is 0 Å². The zero-order valence-electron chi connectivity index (χ0n) is 24.0. The molecule has 4 aliphatic carbocycles. The Kier molecular flexibility index (Phi) is 5.62. The van der Waals surface area contributed by atoms with Crippen LogP contribution in [0.5, 0.6) is 0 Å². The van der Waals surface area contributed by atoms with Crippen LogP contribution in [0.15, 0.2) is 48.0 Å². The summed E-state index contributed by atoms with van der Waals surface area (Å²) in [7, 11) is 2.11. The monoisotopic (exact) mass is 537 g/mol. The fourth-order valence-electron chi connectivity index (χ4n) is 9.17. The van der Waals surface area contributed by atoms with E-state index >= 15 is 0 Å². The summed E-state index contributed by atoms with van der Waals surface area (Å²) in [5, 5.41) is 2.39.